The normalized spacial score (nSPS) is 11.0. The maximum atomic E-state index is 10.6. The van der Waals surface area contributed by atoms with Crippen molar-refractivity contribution in [3.8, 4) is 0 Å². The number of nitrogens with zero attached hydrogens (tertiary/aromatic N) is 3. The van der Waals surface area contributed by atoms with E-state index in [-0.39, 0.29) is 5.96 Å². The summed E-state index contributed by atoms with van der Waals surface area (Å²) in [6.45, 7) is 1.45. The lowest BCUT2D eigenvalue weighted by atomic mass is 10.1. The average molecular weight is 455 g/mol. The van der Waals surface area contributed by atoms with Crippen LogP contribution in [0.15, 0.2) is 40.0 Å². The summed E-state index contributed by atoms with van der Waals surface area (Å²) in [7, 11) is 0. The molecule has 0 amide bonds. The van der Waals surface area contributed by atoms with Crippen molar-refractivity contribution in [1.29, 1.82) is 0 Å². The van der Waals surface area contributed by atoms with Crippen molar-refractivity contribution in [2.24, 2.45) is 16.5 Å². The molecule has 0 aliphatic rings. The molecule has 0 aliphatic carbocycles. The molecule has 1 aromatic carbocycles. The summed E-state index contributed by atoms with van der Waals surface area (Å²) < 4.78 is 37.1. The molecule has 0 unspecified atom stereocenters. The predicted octanol–water partition coefficient (Wildman–Crippen LogP) is 2.63. The number of rotatable bonds is 9. The second-order valence-electron chi connectivity index (χ2n) is 6.64. The Bertz CT molecular complexity index is 1030. The Kier molecular flexibility index (Phi) is 8.86. The van der Waals surface area contributed by atoms with Gasteiger partial charge in [0.05, 0.1) is 6.42 Å². The lowest BCUT2D eigenvalue weighted by Gasteiger charge is -2.00. The number of H-pyrrole nitrogens is 1. The third-order valence-corrected chi connectivity index (χ3v) is 4.14. The molecule has 10 nitrogen and oxygen atoms in total. The number of para-hydroxylation sites is 1. The van der Waals surface area contributed by atoms with Gasteiger partial charge in [-0.05, 0) is 36.0 Å². The largest absolute Gasteiger partial charge is 0.490 e. The Morgan fingerprint density at radius 3 is 2.62 bits per heavy atom. The molecule has 0 aliphatic heterocycles. The highest BCUT2D eigenvalue weighted by atomic mass is 19.4. The Labute approximate surface area is 180 Å². The number of benzene rings is 1. The minimum Gasteiger partial charge on any atom is -0.475 e. The number of hydrogen-bond acceptors (Lipinski definition) is 6. The zero-order chi connectivity index (χ0) is 23.6. The minimum absolute atomic E-state index is 0.146. The second kappa shape index (κ2) is 11.6. The number of nitrogens with two attached hydrogens (primary N) is 2. The zero-order valence-corrected chi connectivity index (χ0v) is 17.0. The van der Waals surface area contributed by atoms with E-state index in [0.717, 1.165) is 36.9 Å². The standard InChI is InChI=1S/C17H23N7O.C2HF3O2/c18-16(19)20-8-4-1-5-9-21-17-23-15(25-24-17)10-12-11-22-14-7-3-2-6-13(12)14;3-2(4,5)1(6)7/h2-3,6-7,11,22H,1,4-5,8-10H2,(H,21,24)(H4,18,19,20);(H,6,7). The fourth-order valence-electron chi connectivity index (χ4n) is 2.66. The molecule has 3 rings (SSSR count). The van der Waals surface area contributed by atoms with E-state index >= 15 is 0 Å². The number of fused-ring (bicyclic) bond motifs is 1. The van der Waals surface area contributed by atoms with Gasteiger partial charge >= 0.3 is 12.1 Å². The summed E-state index contributed by atoms with van der Waals surface area (Å²) in [6, 6.07) is 8.16. The van der Waals surface area contributed by atoms with Crippen LogP contribution in [0.5, 0.6) is 0 Å². The first kappa shape index (κ1) is 24.5. The van der Waals surface area contributed by atoms with E-state index in [9.17, 15) is 13.2 Å². The summed E-state index contributed by atoms with van der Waals surface area (Å²) in [5.74, 6) is -1.49. The van der Waals surface area contributed by atoms with Gasteiger partial charge < -0.3 is 31.4 Å². The van der Waals surface area contributed by atoms with Crippen molar-refractivity contribution in [3.63, 3.8) is 0 Å². The van der Waals surface area contributed by atoms with Crippen molar-refractivity contribution < 1.29 is 27.6 Å². The molecule has 0 spiro atoms. The summed E-state index contributed by atoms with van der Waals surface area (Å²) >= 11 is 0. The lowest BCUT2D eigenvalue weighted by molar-refractivity contribution is -0.192. The van der Waals surface area contributed by atoms with Crippen LogP contribution >= 0.6 is 0 Å². The van der Waals surface area contributed by atoms with Crippen molar-refractivity contribution in [2.45, 2.75) is 31.9 Å². The monoisotopic (exact) mass is 455 g/mol. The number of aromatic nitrogens is 3. The third kappa shape index (κ3) is 8.16. The number of carboxylic acid groups (broad SMARTS) is 1. The van der Waals surface area contributed by atoms with Crippen molar-refractivity contribution in [2.75, 3.05) is 18.4 Å². The number of alkyl halides is 3. The number of carboxylic acids is 1. The van der Waals surface area contributed by atoms with E-state index in [1.165, 1.54) is 5.39 Å². The SMILES string of the molecule is NC(N)=NCCCCCNc1noc(Cc2c[nH]c3ccccc23)n1.O=C(O)C(F)(F)F. The summed E-state index contributed by atoms with van der Waals surface area (Å²) in [4.78, 5) is 20.5. The maximum absolute atomic E-state index is 10.6. The van der Waals surface area contributed by atoms with E-state index in [1.807, 2.05) is 24.4 Å². The van der Waals surface area contributed by atoms with E-state index in [2.05, 4.69) is 31.5 Å². The Morgan fingerprint density at radius 1 is 1.22 bits per heavy atom. The molecule has 0 bridgehead atoms. The number of anilines is 1. The number of aliphatic carboxylic acids is 1. The molecule has 13 heteroatoms. The van der Waals surface area contributed by atoms with Crippen LogP contribution in [0.1, 0.15) is 30.7 Å². The Balaban J connectivity index is 0.000000451. The average Bonchev–Trinajstić information content (AvgIpc) is 3.34. The van der Waals surface area contributed by atoms with E-state index in [4.69, 9.17) is 25.9 Å². The fraction of sp³-hybridized carbons (Fsp3) is 0.368. The number of hydrogen-bond donors (Lipinski definition) is 5. The topological polar surface area (TPSA) is 168 Å². The van der Waals surface area contributed by atoms with Crippen LogP contribution in [0, 0.1) is 0 Å². The van der Waals surface area contributed by atoms with Gasteiger partial charge in [0.15, 0.2) is 5.96 Å². The van der Waals surface area contributed by atoms with Crippen LogP contribution in [-0.2, 0) is 11.2 Å². The van der Waals surface area contributed by atoms with Gasteiger partial charge in [0, 0.05) is 30.2 Å². The van der Waals surface area contributed by atoms with Crippen LogP contribution in [0.2, 0.25) is 0 Å². The summed E-state index contributed by atoms with van der Waals surface area (Å²) in [5, 5.41) is 15.4. The van der Waals surface area contributed by atoms with Gasteiger partial charge in [-0.2, -0.15) is 18.2 Å². The molecule has 2 heterocycles. The van der Waals surface area contributed by atoms with Crippen molar-refractivity contribution >= 4 is 28.8 Å². The van der Waals surface area contributed by atoms with Crippen LogP contribution < -0.4 is 16.8 Å². The van der Waals surface area contributed by atoms with Gasteiger partial charge in [0.1, 0.15) is 0 Å². The molecule has 0 saturated heterocycles. The zero-order valence-electron chi connectivity index (χ0n) is 17.0. The first-order chi connectivity index (χ1) is 15.2. The molecule has 0 fully saturated rings. The number of guanidine groups is 1. The van der Waals surface area contributed by atoms with Crippen molar-refractivity contribution in [1.82, 2.24) is 15.1 Å². The van der Waals surface area contributed by atoms with E-state index in [0.29, 0.717) is 24.8 Å². The van der Waals surface area contributed by atoms with Crippen LogP contribution in [0.25, 0.3) is 10.9 Å². The first-order valence-electron chi connectivity index (χ1n) is 9.63. The van der Waals surface area contributed by atoms with Gasteiger partial charge in [-0.25, -0.2) is 4.79 Å². The number of aliphatic imine (C=N–C) groups is 1. The van der Waals surface area contributed by atoms with Gasteiger partial charge in [-0.15, -0.1) is 0 Å². The van der Waals surface area contributed by atoms with Gasteiger partial charge in [0.2, 0.25) is 5.89 Å². The van der Waals surface area contributed by atoms with Crippen LogP contribution in [-0.4, -0.2) is 51.4 Å². The molecule has 2 aromatic heterocycles. The minimum atomic E-state index is -5.08. The number of unbranched alkanes of at least 4 members (excludes halogenated alkanes) is 2. The van der Waals surface area contributed by atoms with Gasteiger partial charge in [-0.3, -0.25) is 4.99 Å². The highest BCUT2D eigenvalue weighted by Gasteiger charge is 2.38. The third-order valence-electron chi connectivity index (χ3n) is 4.14. The Hall–Kier alpha value is -3.77. The van der Waals surface area contributed by atoms with Crippen LogP contribution in [0.4, 0.5) is 19.1 Å². The molecular weight excluding hydrogens is 431 g/mol. The molecule has 7 N–H and O–H groups in total. The molecule has 0 atom stereocenters. The highest BCUT2D eigenvalue weighted by Crippen LogP contribution is 2.20. The Morgan fingerprint density at radius 2 is 1.94 bits per heavy atom. The number of nitrogens with one attached hydrogen (secondary N) is 2. The van der Waals surface area contributed by atoms with E-state index < -0.39 is 12.1 Å². The quantitative estimate of drug-likeness (QED) is 0.186. The number of carbonyl (C=O) groups is 1. The molecule has 0 saturated carbocycles. The highest BCUT2D eigenvalue weighted by molar-refractivity contribution is 5.83. The summed E-state index contributed by atoms with van der Waals surface area (Å²) in [6.07, 6.45) is 0.490. The predicted molar refractivity (Wildman–Crippen MR) is 112 cm³/mol. The molecular formula is C19H24F3N7O3. The first-order valence-corrected chi connectivity index (χ1v) is 9.63. The molecule has 3 aromatic rings. The molecule has 174 valence electrons. The fourth-order valence-corrected chi connectivity index (χ4v) is 2.66. The smallest absolute Gasteiger partial charge is 0.475 e. The number of halogens is 3. The molecule has 0 radical (unpaired) electrons. The van der Waals surface area contributed by atoms with Gasteiger partial charge in [0.25, 0.3) is 5.95 Å². The maximum Gasteiger partial charge on any atom is 0.490 e. The molecule has 32 heavy (non-hydrogen) atoms. The van der Waals surface area contributed by atoms with E-state index in [1.54, 1.807) is 0 Å². The second-order valence-corrected chi connectivity index (χ2v) is 6.64. The lowest BCUT2D eigenvalue weighted by Crippen LogP contribution is -2.22. The van der Waals surface area contributed by atoms with Gasteiger partial charge in [-0.1, -0.05) is 18.2 Å². The summed E-state index contributed by atoms with van der Waals surface area (Å²) in [5.41, 5.74) is 12.8. The van der Waals surface area contributed by atoms with Crippen molar-refractivity contribution in [3.05, 3.63) is 41.9 Å². The number of aromatic amines is 1. The van der Waals surface area contributed by atoms with Crippen LogP contribution in [0.3, 0.4) is 0 Å².